The monoisotopic (exact) mass is 412 g/mol. The maximum absolute atomic E-state index is 12.4. The Balaban J connectivity index is 1.82. The molecule has 0 fully saturated rings. The number of amides is 1. The van der Waals surface area contributed by atoms with Crippen LogP contribution in [0.3, 0.4) is 0 Å². The molecule has 1 aromatic carbocycles. The van der Waals surface area contributed by atoms with E-state index in [-0.39, 0.29) is 17.6 Å². The molecule has 0 aliphatic rings. The van der Waals surface area contributed by atoms with Gasteiger partial charge in [0.1, 0.15) is 5.69 Å². The Morgan fingerprint density at radius 1 is 1.21 bits per heavy atom. The maximum Gasteiger partial charge on any atom is 0.270 e. The minimum atomic E-state index is -3.24. The van der Waals surface area contributed by atoms with Crippen LogP contribution in [0, 0.1) is 6.92 Å². The van der Waals surface area contributed by atoms with Crippen LogP contribution < -0.4 is 5.32 Å². The zero-order chi connectivity index (χ0) is 21.2. The highest BCUT2D eigenvalue weighted by Crippen LogP contribution is 2.25. The normalized spacial score (nSPS) is 14.2. The van der Waals surface area contributed by atoms with Crippen LogP contribution in [-0.4, -0.2) is 41.4 Å². The second kappa shape index (κ2) is 8.16. The number of rotatable bonds is 6. The van der Waals surface area contributed by atoms with E-state index >= 15 is 0 Å². The van der Waals surface area contributed by atoms with Crippen molar-refractivity contribution in [2.45, 2.75) is 32.9 Å². The van der Waals surface area contributed by atoms with Crippen molar-refractivity contribution in [1.29, 1.82) is 0 Å². The van der Waals surface area contributed by atoms with Gasteiger partial charge in [-0.1, -0.05) is 30.3 Å². The largest absolute Gasteiger partial charge is 0.345 e. The number of aryl methyl sites for hydroxylation is 1. The second-order valence-electron chi connectivity index (χ2n) is 7.17. The first-order valence-electron chi connectivity index (χ1n) is 9.23. The Labute approximate surface area is 170 Å². The molecule has 2 heterocycles. The molecule has 152 valence electrons. The Hall–Kier alpha value is -3.00. The number of benzene rings is 1. The fourth-order valence-corrected chi connectivity index (χ4v) is 3.68. The zero-order valence-electron chi connectivity index (χ0n) is 16.8. The van der Waals surface area contributed by atoms with Crippen LogP contribution >= 0.6 is 0 Å². The molecule has 3 aromatic rings. The number of fused-ring (bicyclic) bond motifs is 1. The lowest BCUT2D eigenvalue weighted by molar-refractivity contribution is 0.0942. The van der Waals surface area contributed by atoms with Crippen molar-refractivity contribution in [2.24, 2.45) is 0 Å². The summed E-state index contributed by atoms with van der Waals surface area (Å²) in [6, 6.07) is 9.42. The highest BCUT2D eigenvalue weighted by atomic mass is 32.2. The van der Waals surface area contributed by atoms with Crippen LogP contribution in [-0.2, 0) is 9.84 Å². The molecule has 2 aromatic heterocycles. The van der Waals surface area contributed by atoms with Gasteiger partial charge in [0.05, 0.1) is 24.0 Å². The van der Waals surface area contributed by atoms with E-state index in [1.807, 2.05) is 16.8 Å². The van der Waals surface area contributed by atoms with E-state index in [1.54, 1.807) is 25.4 Å². The molecular formula is C21H24N4O3S. The lowest BCUT2D eigenvalue weighted by Crippen LogP contribution is -2.31. The molecule has 0 aliphatic carbocycles. The van der Waals surface area contributed by atoms with Gasteiger partial charge in [0.15, 0.2) is 9.84 Å². The molecule has 0 aliphatic heterocycles. The maximum atomic E-state index is 12.4. The number of hydrogen-bond acceptors (Lipinski definition) is 5. The van der Waals surface area contributed by atoms with Crippen molar-refractivity contribution in [3.8, 4) is 0 Å². The van der Waals surface area contributed by atoms with E-state index in [2.05, 4.69) is 41.4 Å². The molecule has 7 nitrogen and oxygen atoms in total. The summed E-state index contributed by atoms with van der Waals surface area (Å²) < 4.78 is 24.3. The summed E-state index contributed by atoms with van der Waals surface area (Å²) >= 11 is 0. The van der Waals surface area contributed by atoms with Gasteiger partial charge in [-0.15, -0.1) is 0 Å². The average Bonchev–Trinajstić information content (AvgIpc) is 3.09. The van der Waals surface area contributed by atoms with E-state index in [0.717, 1.165) is 22.6 Å². The highest BCUT2D eigenvalue weighted by Gasteiger charge is 2.16. The van der Waals surface area contributed by atoms with Crippen LogP contribution in [0.15, 0.2) is 54.2 Å². The minimum Gasteiger partial charge on any atom is -0.345 e. The van der Waals surface area contributed by atoms with Gasteiger partial charge in [0.2, 0.25) is 0 Å². The number of nitrogens with one attached hydrogen (secondary N) is 1. The molecule has 0 radical (unpaired) electrons. The second-order valence-corrected chi connectivity index (χ2v) is 9.10. The Morgan fingerprint density at radius 3 is 2.62 bits per heavy atom. The van der Waals surface area contributed by atoms with Crippen LogP contribution in [0.5, 0.6) is 0 Å². The number of pyridine rings is 1. The quantitative estimate of drug-likeness (QED) is 0.672. The molecule has 2 atom stereocenters. The number of hydrogen-bond donors (Lipinski definition) is 1. The zero-order valence-corrected chi connectivity index (χ0v) is 17.6. The molecule has 0 bridgehead atoms. The summed E-state index contributed by atoms with van der Waals surface area (Å²) in [7, 11) is -3.24. The first-order chi connectivity index (χ1) is 13.7. The summed E-state index contributed by atoms with van der Waals surface area (Å²) in [6.45, 7) is 5.84. The SMILES string of the molecule is Cc1ccccc1[C@H](C)n1ncc2cc(C(=O)N[C@H](C)/C=C/S(C)(=O)=O)ncc21. The standard InChI is InChI=1S/C21H24N4O3S/c1-14-7-5-6-8-18(14)16(3)25-20-13-22-19(11-17(20)12-23-25)21(26)24-15(2)9-10-29(4,27)28/h5-13,15-16H,1-4H3,(H,24,26)/b10-9+/t15-,16+/m1/s1. The number of carbonyl (C=O) groups excluding carboxylic acids is 1. The van der Waals surface area contributed by atoms with E-state index in [1.165, 1.54) is 17.2 Å². The molecule has 0 saturated carbocycles. The number of nitrogens with zero attached hydrogens (tertiary/aromatic N) is 3. The van der Waals surface area contributed by atoms with Crippen LogP contribution in [0.2, 0.25) is 0 Å². The van der Waals surface area contributed by atoms with E-state index in [0.29, 0.717) is 0 Å². The van der Waals surface area contributed by atoms with Gasteiger partial charge < -0.3 is 5.32 Å². The summed E-state index contributed by atoms with van der Waals surface area (Å²) in [5.74, 6) is -0.378. The van der Waals surface area contributed by atoms with Crippen molar-refractivity contribution >= 4 is 26.6 Å². The van der Waals surface area contributed by atoms with Crippen LogP contribution in [0.1, 0.15) is 41.5 Å². The van der Waals surface area contributed by atoms with Gasteiger partial charge in [-0.25, -0.2) is 13.4 Å². The molecule has 0 spiro atoms. The minimum absolute atomic E-state index is 0.0244. The van der Waals surface area contributed by atoms with Crippen molar-refractivity contribution in [1.82, 2.24) is 20.1 Å². The molecule has 1 N–H and O–H groups in total. The van der Waals surface area contributed by atoms with Crippen molar-refractivity contribution in [2.75, 3.05) is 6.26 Å². The third-order valence-corrected chi connectivity index (χ3v) is 5.34. The smallest absolute Gasteiger partial charge is 0.270 e. The number of aromatic nitrogens is 3. The Bertz CT molecular complexity index is 1180. The van der Waals surface area contributed by atoms with Gasteiger partial charge in [-0.2, -0.15) is 5.10 Å². The number of sulfone groups is 1. The topological polar surface area (TPSA) is 94.0 Å². The number of carbonyl (C=O) groups is 1. The first kappa shape index (κ1) is 20.7. The van der Waals surface area contributed by atoms with Crippen molar-refractivity contribution in [3.05, 3.63) is 71.0 Å². The molecule has 0 saturated heterocycles. The van der Waals surface area contributed by atoms with E-state index in [4.69, 9.17) is 0 Å². The van der Waals surface area contributed by atoms with Gasteiger partial charge in [0, 0.05) is 23.1 Å². The first-order valence-corrected chi connectivity index (χ1v) is 11.2. The summed E-state index contributed by atoms with van der Waals surface area (Å²) in [6.07, 6.45) is 5.88. The molecular weight excluding hydrogens is 388 g/mol. The molecule has 3 rings (SSSR count). The predicted octanol–water partition coefficient (Wildman–Crippen LogP) is 3.03. The summed E-state index contributed by atoms with van der Waals surface area (Å²) in [5.41, 5.74) is 3.44. The van der Waals surface area contributed by atoms with Crippen LogP contribution in [0.25, 0.3) is 10.9 Å². The van der Waals surface area contributed by atoms with Gasteiger partial charge in [-0.3, -0.25) is 9.48 Å². The summed E-state index contributed by atoms with van der Waals surface area (Å²) in [5, 5.41) is 9.10. The fourth-order valence-electron chi connectivity index (χ4n) is 3.15. The van der Waals surface area contributed by atoms with E-state index < -0.39 is 15.9 Å². The molecule has 8 heteroatoms. The third kappa shape index (κ3) is 4.89. The molecule has 29 heavy (non-hydrogen) atoms. The predicted molar refractivity (Wildman–Crippen MR) is 113 cm³/mol. The Morgan fingerprint density at radius 2 is 1.93 bits per heavy atom. The Kier molecular flexibility index (Phi) is 5.83. The molecule has 1 amide bonds. The third-order valence-electron chi connectivity index (χ3n) is 4.69. The highest BCUT2D eigenvalue weighted by molar-refractivity contribution is 7.93. The van der Waals surface area contributed by atoms with Crippen molar-refractivity contribution < 1.29 is 13.2 Å². The van der Waals surface area contributed by atoms with E-state index in [9.17, 15) is 13.2 Å². The van der Waals surface area contributed by atoms with Gasteiger partial charge in [-0.05, 0) is 38.0 Å². The van der Waals surface area contributed by atoms with Crippen molar-refractivity contribution in [3.63, 3.8) is 0 Å². The van der Waals surface area contributed by atoms with Crippen LogP contribution in [0.4, 0.5) is 0 Å². The average molecular weight is 413 g/mol. The van der Waals surface area contributed by atoms with Gasteiger partial charge >= 0.3 is 0 Å². The summed E-state index contributed by atoms with van der Waals surface area (Å²) in [4.78, 5) is 16.7. The molecule has 0 unspecified atom stereocenters. The lowest BCUT2D eigenvalue weighted by atomic mass is 10.0. The van der Waals surface area contributed by atoms with Gasteiger partial charge in [0.25, 0.3) is 5.91 Å². The fraction of sp³-hybridized carbons (Fsp3) is 0.286. The lowest BCUT2D eigenvalue weighted by Gasteiger charge is -2.16.